The molecule has 0 aromatic heterocycles. The number of nitrogens with two attached hydrogens (primary N) is 2. The Morgan fingerprint density at radius 3 is 2.23 bits per heavy atom. The Morgan fingerprint density at radius 2 is 1.68 bits per heavy atom. The largest absolute Gasteiger partial charge is 0.480 e. The number of nitrogens with one attached hydrogen (secondary N) is 4. The van der Waals surface area contributed by atoms with Crippen molar-refractivity contribution in [2.75, 3.05) is 6.54 Å². The van der Waals surface area contributed by atoms with E-state index in [0.717, 1.165) is 5.56 Å². The minimum absolute atomic E-state index is 0.112. The van der Waals surface area contributed by atoms with Crippen molar-refractivity contribution >= 4 is 23.7 Å². The van der Waals surface area contributed by atoms with E-state index in [9.17, 15) is 19.5 Å². The molecule has 0 spiro atoms. The minimum Gasteiger partial charge on any atom is -0.480 e. The van der Waals surface area contributed by atoms with Crippen LogP contribution in [0.3, 0.4) is 0 Å². The number of carbonyl (C=O) groups excluding carboxylic acids is 2. The Morgan fingerprint density at radius 1 is 1.06 bits per heavy atom. The summed E-state index contributed by atoms with van der Waals surface area (Å²) in [5.41, 5.74) is 11.9. The minimum atomic E-state index is -1.17. The molecule has 0 aliphatic rings. The molecule has 0 heterocycles. The smallest absolute Gasteiger partial charge is 0.326 e. The van der Waals surface area contributed by atoms with Crippen molar-refractivity contribution in [3.05, 3.63) is 35.9 Å². The number of rotatable bonds is 13. The number of carbonyl (C=O) groups is 3. The van der Waals surface area contributed by atoms with Gasteiger partial charge in [-0.2, -0.15) is 0 Å². The zero-order valence-corrected chi connectivity index (χ0v) is 18.1. The molecule has 0 aliphatic heterocycles. The first-order chi connectivity index (χ1) is 14.6. The molecule has 0 unspecified atom stereocenters. The number of hydrogen-bond donors (Lipinski definition) is 7. The van der Waals surface area contributed by atoms with Crippen LogP contribution in [0.5, 0.6) is 0 Å². The first-order valence-corrected chi connectivity index (χ1v) is 10.3. The van der Waals surface area contributed by atoms with Gasteiger partial charge in [0.15, 0.2) is 5.96 Å². The first-order valence-electron chi connectivity index (χ1n) is 10.3. The SMILES string of the molecule is CC(C)C[C@H](N)C(=O)N[C@@H](CCCNC(=N)N)C(=O)N[C@@H](Cc1ccccc1)C(=O)O. The summed E-state index contributed by atoms with van der Waals surface area (Å²) in [7, 11) is 0. The van der Waals surface area contributed by atoms with E-state index in [1.807, 2.05) is 19.9 Å². The molecule has 31 heavy (non-hydrogen) atoms. The normalized spacial score (nSPS) is 13.7. The summed E-state index contributed by atoms with van der Waals surface area (Å²) >= 11 is 0. The average molecular weight is 435 g/mol. The van der Waals surface area contributed by atoms with E-state index in [4.69, 9.17) is 16.9 Å². The molecule has 10 heteroatoms. The maximum absolute atomic E-state index is 12.8. The molecule has 2 amide bonds. The van der Waals surface area contributed by atoms with Crippen LogP contribution in [0.15, 0.2) is 30.3 Å². The predicted molar refractivity (Wildman–Crippen MR) is 118 cm³/mol. The van der Waals surface area contributed by atoms with Crippen LogP contribution >= 0.6 is 0 Å². The Bertz CT molecular complexity index is 741. The highest BCUT2D eigenvalue weighted by Gasteiger charge is 2.28. The van der Waals surface area contributed by atoms with Crippen molar-refractivity contribution in [3.63, 3.8) is 0 Å². The Balaban J connectivity index is 2.84. The van der Waals surface area contributed by atoms with Gasteiger partial charge in [0.05, 0.1) is 6.04 Å². The number of carboxylic acid groups (broad SMARTS) is 1. The van der Waals surface area contributed by atoms with Crippen LogP contribution in [0, 0.1) is 11.3 Å². The van der Waals surface area contributed by atoms with Gasteiger partial charge in [-0.25, -0.2) is 4.79 Å². The highest BCUT2D eigenvalue weighted by atomic mass is 16.4. The summed E-state index contributed by atoms with van der Waals surface area (Å²) in [4.78, 5) is 37.0. The third-order valence-electron chi connectivity index (χ3n) is 4.58. The van der Waals surface area contributed by atoms with Crippen LogP contribution in [0.25, 0.3) is 0 Å². The van der Waals surface area contributed by atoms with Gasteiger partial charge in [-0.3, -0.25) is 15.0 Å². The van der Waals surface area contributed by atoms with Crippen molar-refractivity contribution in [2.24, 2.45) is 17.4 Å². The van der Waals surface area contributed by atoms with Gasteiger partial charge in [0.1, 0.15) is 12.1 Å². The summed E-state index contributed by atoms with van der Waals surface area (Å²) in [5.74, 6) is -2.23. The van der Waals surface area contributed by atoms with E-state index in [2.05, 4.69) is 16.0 Å². The maximum atomic E-state index is 12.8. The number of aliphatic carboxylic acids is 1. The molecule has 0 fully saturated rings. The van der Waals surface area contributed by atoms with Gasteiger partial charge in [-0.1, -0.05) is 44.2 Å². The van der Waals surface area contributed by atoms with E-state index < -0.39 is 35.9 Å². The van der Waals surface area contributed by atoms with Crippen molar-refractivity contribution < 1.29 is 19.5 Å². The Hall–Kier alpha value is -3.14. The van der Waals surface area contributed by atoms with Gasteiger partial charge in [0, 0.05) is 13.0 Å². The van der Waals surface area contributed by atoms with Crippen LogP contribution in [-0.2, 0) is 20.8 Å². The van der Waals surface area contributed by atoms with Crippen LogP contribution in [-0.4, -0.2) is 53.5 Å². The fraction of sp³-hybridized carbons (Fsp3) is 0.524. The lowest BCUT2D eigenvalue weighted by atomic mass is 10.0. The molecule has 1 rings (SSSR count). The first kappa shape index (κ1) is 25.9. The second-order valence-corrected chi connectivity index (χ2v) is 7.87. The summed E-state index contributed by atoms with van der Waals surface area (Å²) < 4.78 is 0. The molecular weight excluding hydrogens is 400 g/mol. The number of amides is 2. The molecule has 3 atom stereocenters. The summed E-state index contributed by atoms with van der Waals surface area (Å²) in [6.07, 6.45) is 1.22. The van der Waals surface area contributed by atoms with Gasteiger partial charge in [-0.15, -0.1) is 0 Å². The van der Waals surface area contributed by atoms with Gasteiger partial charge in [0.2, 0.25) is 11.8 Å². The van der Waals surface area contributed by atoms with E-state index in [1.165, 1.54) is 0 Å². The molecule has 1 aromatic rings. The van der Waals surface area contributed by atoms with Crippen molar-refractivity contribution in [1.29, 1.82) is 5.41 Å². The molecule has 0 saturated heterocycles. The molecule has 10 nitrogen and oxygen atoms in total. The molecule has 172 valence electrons. The highest BCUT2D eigenvalue weighted by Crippen LogP contribution is 2.07. The van der Waals surface area contributed by atoms with E-state index in [0.29, 0.717) is 19.4 Å². The third-order valence-corrected chi connectivity index (χ3v) is 4.58. The summed E-state index contributed by atoms with van der Waals surface area (Å²) in [6.45, 7) is 4.21. The second-order valence-electron chi connectivity index (χ2n) is 7.87. The summed E-state index contributed by atoms with van der Waals surface area (Å²) in [5, 5.41) is 24.5. The molecular formula is C21H34N6O4. The van der Waals surface area contributed by atoms with E-state index >= 15 is 0 Å². The fourth-order valence-electron chi connectivity index (χ4n) is 3.01. The van der Waals surface area contributed by atoms with Crippen LogP contribution in [0.2, 0.25) is 0 Å². The Labute approximate surface area is 182 Å². The van der Waals surface area contributed by atoms with Crippen LogP contribution < -0.4 is 27.4 Å². The average Bonchev–Trinajstić information content (AvgIpc) is 2.69. The molecule has 0 radical (unpaired) electrons. The molecule has 0 aliphatic carbocycles. The predicted octanol–water partition coefficient (Wildman–Crippen LogP) is -0.0800. The van der Waals surface area contributed by atoms with E-state index in [1.54, 1.807) is 24.3 Å². The zero-order valence-electron chi connectivity index (χ0n) is 18.1. The van der Waals surface area contributed by atoms with Crippen molar-refractivity contribution in [2.45, 2.75) is 57.7 Å². The quantitative estimate of drug-likeness (QED) is 0.129. The van der Waals surface area contributed by atoms with E-state index in [-0.39, 0.29) is 24.7 Å². The number of benzene rings is 1. The van der Waals surface area contributed by atoms with Gasteiger partial charge >= 0.3 is 5.97 Å². The summed E-state index contributed by atoms with van der Waals surface area (Å²) in [6, 6.07) is 6.07. The lowest BCUT2D eigenvalue weighted by Gasteiger charge is -2.23. The molecule has 1 aromatic carbocycles. The lowest BCUT2D eigenvalue weighted by Crippen LogP contribution is -2.55. The lowest BCUT2D eigenvalue weighted by molar-refractivity contribution is -0.142. The highest BCUT2D eigenvalue weighted by molar-refractivity contribution is 5.91. The van der Waals surface area contributed by atoms with Gasteiger partial charge < -0.3 is 32.5 Å². The van der Waals surface area contributed by atoms with Gasteiger partial charge in [-0.05, 0) is 30.7 Å². The monoisotopic (exact) mass is 434 g/mol. The molecule has 0 bridgehead atoms. The standard InChI is InChI=1S/C21H34N6O4/c1-13(2)11-15(22)18(28)26-16(9-6-10-25-21(23)24)19(29)27-17(20(30)31)12-14-7-4-3-5-8-14/h3-5,7-8,13,15-17H,6,9-12,22H2,1-2H3,(H,26,28)(H,27,29)(H,30,31)(H4,23,24,25)/t15-,16-,17-/m0/s1. The number of carboxylic acids is 1. The van der Waals surface area contributed by atoms with Crippen molar-refractivity contribution in [3.8, 4) is 0 Å². The number of hydrogen-bond acceptors (Lipinski definition) is 5. The number of guanidine groups is 1. The topological polar surface area (TPSA) is 183 Å². The molecule has 0 saturated carbocycles. The van der Waals surface area contributed by atoms with Crippen LogP contribution in [0.1, 0.15) is 38.7 Å². The van der Waals surface area contributed by atoms with Crippen molar-refractivity contribution in [1.82, 2.24) is 16.0 Å². The molecule has 9 N–H and O–H groups in total. The van der Waals surface area contributed by atoms with Crippen LogP contribution in [0.4, 0.5) is 0 Å². The Kier molecular flexibility index (Phi) is 11.0. The maximum Gasteiger partial charge on any atom is 0.326 e. The van der Waals surface area contributed by atoms with Gasteiger partial charge in [0.25, 0.3) is 0 Å². The second kappa shape index (κ2) is 13.2. The fourth-order valence-corrected chi connectivity index (χ4v) is 3.01. The third kappa shape index (κ3) is 10.4. The zero-order chi connectivity index (χ0) is 23.4.